The van der Waals surface area contributed by atoms with Crippen molar-refractivity contribution in [2.24, 2.45) is 5.41 Å². The number of aliphatic hydroxyl groups excluding tert-OH is 1. The summed E-state index contributed by atoms with van der Waals surface area (Å²) >= 11 is 2.10. The molecule has 0 aromatic carbocycles. The second kappa shape index (κ2) is 6.77. The predicted octanol–water partition coefficient (Wildman–Crippen LogP) is 2.27. The van der Waals surface area contributed by atoms with Gasteiger partial charge < -0.3 is 10.4 Å². The molecular formula is C12H25NOS. The fourth-order valence-corrected chi connectivity index (χ4v) is 3.07. The van der Waals surface area contributed by atoms with Gasteiger partial charge in [0.15, 0.2) is 0 Å². The van der Waals surface area contributed by atoms with Crippen molar-refractivity contribution in [1.82, 2.24) is 5.32 Å². The van der Waals surface area contributed by atoms with E-state index < -0.39 is 0 Å². The van der Waals surface area contributed by atoms with Crippen LogP contribution in [-0.2, 0) is 0 Å². The van der Waals surface area contributed by atoms with Crippen LogP contribution in [0.4, 0.5) is 0 Å². The molecule has 1 rings (SSSR count). The number of aliphatic hydroxyl groups is 1. The van der Waals surface area contributed by atoms with Crippen molar-refractivity contribution in [3.63, 3.8) is 0 Å². The normalized spacial score (nSPS) is 26.2. The van der Waals surface area contributed by atoms with Gasteiger partial charge in [-0.2, -0.15) is 11.8 Å². The van der Waals surface area contributed by atoms with E-state index in [0.717, 1.165) is 24.8 Å². The maximum Gasteiger partial charge on any atom is 0.0496 e. The molecule has 0 aromatic rings. The van der Waals surface area contributed by atoms with E-state index in [-0.39, 0.29) is 12.0 Å². The molecule has 1 aliphatic heterocycles. The van der Waals surface area contributed by atoms with Crippen molar-refractivity contribution in [2.45, 2.75) is 44.8 Å². The molecule has 2 unspecified atom stereocenters. The summed E-state index contributed by atoms with van der Waals surface area (Å²) in [6.45, 7) is 6.63. The Bertz CT molecular complexity index is 165. The number of hydrogen-bond donors (Lipinski definition) is 2. The Morgan fingerprint density at radius 3 is 2.80 bits per heavy atom. The van der Waals surface area contributed by atoms with E-state index in [1.807, 2.05) is 0 Å². The van der Waals surface area contributed by atoms with Gasteiger partial charge in [0, 0.05) is 30.4 Å². The van der Waals surface area contributed by atoms with Crippen LogP contribution in [0.2, 0.25) is 0 Å². The highest BCUT2D eigenvalue weighted by Gasteiger charge is 2.21. The molecule has 2 atom stereocenters. The zero-order chi connectivity index (χ0) is 11.1. The van der Waals surface area contributed by atoms with Crippen molar-refractivity contribution in [3.8, 4) is 0 Å². The minimum Gasteiger partial charge on any atom is -0.396 e. The lowest BCUT2D eigenvalue weighted by molar-refractivity contribution is 0.135. The van der Waals surface area contributed by atoms with Gasteiger partial charge in [0.1, 0.15) is 0 Å². The quantitative estimate of drug-likeness (QED) is 0.735. The van der Waals surface area contributed by atoms with Gasteiger partial charge in [-0.3, -0.25) is 0 Å². The maximum atomic E-state index is 9.28. The van der Waals surface area contributed by atoms with Crippen LogP contribution in [0.15, 0.2) is 0 Å². The SMILES string of the molecule is CCC(C)(CO)CNCC1CCCCS1. The topological polar surface area (TPSA) is 32.3 Å². The number of thioether (sulfide) groups is 1. The Labute approximate surface area is 98.2 Å². The first kappa shape index (κ1) is 13.3. The molecule has 0 radical (unpaired) electrons. The van der Waals surface area contributed by atoms with Crippen LogP contribution < -0.4 is 5.32 Å². The molecule has 0 amide bonds. The molecule has 1 saturated heterocycles. The van der Waals surface area contributed by atoms with E-state index in [1.54, 1.807) is 0 Å². The maximum absolute atomic E-state index is 9.28. The second-order valence-electron chi connectivity index (χ2n) is 4.94. The van der Waals surface area contributed by atoms with E-state index >= 15 is 0 Å². The second-order valence-corrected chi connectivity index (χ2v) is 6.35. The first-order valence-electron chi connectivity index (χ1n) is 6.13. The average Bonchev–Trinajstić information content (AvgIpc) is 2.30. The monoisotopic (exact) mass is 231 g/mol. The Kier molecular flexibility index (Phi) is 6.02. The largest absolute Gasteiger partial charge is 0.396 e. The molecule has 0 saturated carbocycles. The summed E-state index contributed by atoms with van der Waals surface area (Å²) in [6.07, 6.45) is 5.18. The van der Waals surface area contributed by atoms with Crippen molar-refractivity contribution in [2.75, 3.05) is 25.4 Å². The highest BCUT2D eigenvalue weighted by molar-refractivity contribution is 7.99. The van der Waals surface area contributed by atoms with Gasteiger partial charge in [0.05, 0.1) is 0 Å². The summed E-state index contributed by atoms with van der Waals surface area (Å²) in [7, 11) is 0. The van der Waals surface area contributed by atoms with Crippen LogP contribution in [-0.4, -0.2) is 35.8 Å². The van der Waals surface area contributed by atoms with Crippen molar-refractivity contribution >= 4 is 11.8 Å². The molecule has 0 aromatic heterocycles. The minimum absolute atomic E-state index is 0.0688. The Morgan fingerprint density at radius 1 is 1.47 bits per heavy atom. The highest BCUT2D eigenvalue weighted by atomic mass is 32.2. The summed E-state index contributed by atoms with van der Waals surface area (Å²) in [5.74, 6) is 1.33. The molecule has 0 bridgehead atoms. The molecule has 2 N–H and O–H groups in total. The lowest BCUT2D eigenvalue weighted by Crippen LogP contribution is -2.37. The third-order valence-corrected chi connectivity index (χ3v) is 4.83. The predicted molar refractivity (Wildman–Crippen MR) is 68.5 cm³/mol. The summed E-state index contributed by atoms with van der Waals surface area (Å²) in [6, 6.07) is 0. The fourth-order valence-electron chi connectivity index (χ4n) is 1.80. The van der Waals surface area contributed by atoms with Crippen molar-refractivity contribution < 1.29 is 5.11 Å². The molecular weight excluding hydrogens is 206 g/mol. The molecule has 3 heteroatoms. The van der Waals surface area contributed by atoms with Crippen LogP contribution in [0.25, 0.3) is 0 Å². The average molecular weight is 231 g/mol. The van der Waals surface area contributed by atoms with E-state index in [4.69, 9.17) is 0 Å². The van der Waals surface area contributed by atoms with Gasteiger partial charge in [0.25, 0.3) is 0 Å². The van der Waals surface area contributed by atoms with Crippen LogP contribution in [0.5, 0.6) is 0 Å². The van der Waals surface area contributed by atoms with Gasteiger partial charge in [-0.05, 0) is 25.0 Å². The summed E-state index contributed by atoms with van der Waals surface area (Å²) < 4.78 is 0. The fraction of sp³-hybridized carbons (Fsp3) is 1.00. The lowest BCUT2D eigenvalue weighted by Gasteiger charge is -2.28. The lowest BCUT2D eigenvalue weighted by atomic mass is 9.88. The molecule has 2 nitrogen and oxygen atoms in total. The van der Waals surface area contributed by atoms with Gasteiger partial charge in [-0.25, -0.2) is 0 Å². The van der Waals surface area contributed by atoms with Crippen molar-refractivity contribution in [3.05, 3.63) is 0 Å². The first-order valence-corrected chi connectivity index (χ1v) is 7.18. The molecule has 0 aliphatic carbocycles. The smallest absolute Gasteiger partial charge is 0.0496 e. The van der Waals surface area contributed by atoms with Gasteiger partial charge >= 0.3 is 0 Å². The van der Waals surface area contributed by atoms with E-state index in [1.165, 1.54) is 25.0 Å². The summed E-state index contributed by atoms with van der Waals surface area (Å²) in [4.78, 5) is 0. The van der Waals surface area contributed by atoms with E-state index in [0.29, 0.717) is 0 Å². The zero-order valence-corrected chi connectivity index (χ0v) is 10.9. The number of hydrogen-bond acceptors (Lipinski definition) is 3. The third kappa shape index (κ3) is 4.75. The Morgan fingerprint density at radius 2 is 2.27 bits per heavy atom. The molecule has 0 spiro atoms. The van der Waals surface area contributed by atoms with E-state index in [9.17, 15) is 5.11 Å². The third-order valence-electron chi connectivity index (χ3n) is 3.43. The van der Waals surface area contributed by atoms with Gasteiger partial charge in [0.2, 0.25) is 0 Å². The molecule has 1 heterocycles. The summed E-state index contributed by atoms with van der Waals surface area (Å²) in [5, 5.41) is 13.6. The minimum atomic E-state index is 0.0688. The molecule has 1 aliphatic rings. The first-order chi connectivity index (χ1) is 7.20. The van der Waals surface area contributed by atoms with Crippen LogP contribution in [0.1, 0.15) is 39.5 Å². The van der Waals surface area contributed by atoms with Crippen LogP contribution in [0, 0.1) is 5.41 Å². The molecule has 90 valence electrons. The van der Waals surface area contributed by atoms with Crippen LogP contribution >= 0.6 is 11.8 Å². The van der Waals surface area contributed by atoms with E-state index in [2.05, 4.69) is 30.9 Å². The Balaban J connectivity index is 2.14. The zero-order valence-electron chi connectivity index (χ0n) is 10.1. The number of rotatable bonds is 6. The molecule has 1 fully saturated rings. The highest BCUT2D eigenvalue weighted by Crippen LogP contribution is 2.25. The van der Waals surface area contributed by atoms with Crippen molar-refractivity contribution in [1.29, 1.82) is 0 Å². The van der Waals surface area contributed by atoms with Gasteiger partial charge in [-0.15, -0.1) is 0 Å². The van der Waals surface area contributed by atoms with Crippen LogP contribution in [0.3, 0.4) is 0 Å². The summed E-state index contributed by atoms with van der Waals surface area (Å²) in [5.41, 5.74) is 0.0688. The number of nitrogens with one attached hydrogen (secondary N) is 1. The Hall–Kier alpha value is 0.270. The standard InChI is InChI=1S/C12H25NOS/c1-3-12(2,10-14)9-13-8-11-6-4-5-7-15-11/h11,13-14H,3-10H2,1-2H3. The molecule has 15 heavy (non-hydrogen) atoms. The van der Waals surface area contributed by atoms with Gasteiger partial charge in [-0.1, -0.05) is 20.3 Å².